The third kappa shape index (κ3) is 2.43. The Balaban J connectivity index is 1.96. The standard InChI is InChI=1S/C19H26N2O/c1-5-21(6-2)18-12-22-20-19(18)17-11-10-15-13(3)8-7-9-16(15)14(17)4/h7-9,12,14,17H,5-6,10-11H2,1-4H3. The molecule has 0 aliphatic heterocycles. The van der Waals surface area contributed by atoms with Crippen LogP contribution in [0.3, 0.4) is 0 Å². The van der Waals surface area contributed by atoms with Crippen LogP contribution in [-0.2, 0) is 6.42 Å². The van der Waals surface area contributed by atoms with Gasteiger partial charge in [0.25, 0.3) is 0 Å². The number of anilines is 1. The molecule has 0 bridgehead atoms. The van der Waals surface area contributed by atoms with E-state index in [0.717, 1.165) is 31.6 Å². The van der Waals surface area contributed by atoms with Gasteiger partial charge in [0.1, 0.15) is 17.6 Å². The van der Waals surface area contributed by atoms with E-state index in [0.29, 0.717) is 11.8 Å². The normalized spacial score (nSPS) is 20.7. The van der Waals surface area contributed by atoms with Crippen LogP contribution < -0.4 is 4.90 Å². The monoisotopic (exact) mass is 298 g/mol. The van der Waals surface area contributed by atoms with Crippen molar-refractivity contribution in [2.45, 2.75) is 52.4 Å². The zero-order chi connectivity index (χ0) is 15.7. The average Bonchev–Trinajstić information content (AvgIpc) is 2.99. The molecule has 1 aliphatic carbocycles. The summed E-state index contributed by atoms with van der Waals surface area (Å²) in [7, 11) is 0. The summed E-state index contributed by atoms with van der Waals surface area (Å²) in [5, 5.41) is 4.39. The number of nitrogens with zero attached hydrogens (tertiary/aromatic N) is 2. The van der Waals surface area contributed by atoms with Gasteiger partial charge < -0.3 is 9.42 Å². The van der Waals surface area contributed by atoms with E-state index in [9.17, 15) is 0 Å². The van der Waals surface area contributed by atoms with Crippen LogP contribution in [0.2, 0.25) is 0 Å². The maximum atomic E-state index is 5.35. The highest BCUT2D eigenvalue weighted by atomic mass is 16.5. The van der Waals surface area contributed by atoms with E-state index < -0.39 is 0 Å². The molecule has 0 saturated heterocycles. The van der Waals surface area contributed by atoms with Gasteiger partial charge in [-0.3, -0.25) is 0 Å². The van der Waals surface area contributed by atoms with Gasteiger partial charge >= 0.3 is 0 Å². The molecule has 22 heavy (non-hydrogen) atoms. The molecule has 1 heterocycles. The van der Waals surface area contributed by atoms with Crippen LogP contribution in [0, 0.1) is 6.92 Å². The third-order valence-corrected chi connectivity index (χ3v) is 5.28. The predicted octanol–water partition coefficient (Wildman–Crippen LogP) is 4.66. The molecular formula is C19H26N2O. The molecular weight excluding hydrogens is 272 g/mol. The van der Waals surface area contributed by atoms with E-state index in [2.05, 4.69) is 56.0 Å². The molecule has 1 aromatic heterocycles. The fraction of sp³-hybridized carbons (Fsp3) is 0.526. The molecule has 3 heteroatoms. The van der Waals surface area contributed by atoms with Gasteiger partial charge in [0.15, 0.2) is 0 Å². The first kappa shape index (κ1) is 15.1. The van der Waals surface area contributed by atoms with Crippen LogP contribution in [0.4, 0.5) is 5.69 Å². The van der Waals surface area contributed by atoms with Crippen molar-refractivity contribution in [1.29, 1.82) is 0 Å². The average molecular weight is 298 g/mol. The van der Waals surface area contributed by atoms with Crippen molar-refractivity contribution in [1.82, 2.24) is 5.16 Å². The first-order chi connectivity index (χ1) is 10.7. The summed E-state index contributed by atoms with van der Waals surface area (Å²) in [5.74, 6) is 0.937. The SMILES string of the molecule is CCN(CC)c1conc1C1CCc2c(C)cccc2C1C. The molecule has 118 valence electrons. The molecule has 0 fully saturated rings. The van der Waals surface area contributed by atoms with Crippen LogP contribution in [-0.4, -0.2) is 18.2 Å². The molecule has 0 N–H and O–H groups in total. The molecule has 2 aromatic rings. The molecule has 0 radical (unpaired) electrons. The summed E-state index contributed by atoms with van der Waals surface area (Å²) in [6.45, 7) is 10.9. The van der Waals surface area contributed by atoms with Crippen molar-refractivity contribution in [2.24, 2.45) is 0 Å². The fourth-order valence-electron chi connectivity index (χ4n) is 3.93. The van der Waals surface area contributed by atoms with Gasteiger partial charge in [-0.15, -0.1) is 0 Å². The van der Waals surface area contributed by atoms with Crippen molar-refractivity contribution < 1.29 is 4.52 Å². The number of benzene rings is 1. The van der Waals surface area contributed by atoms with Crippen LogP contribution >= 0.6 is 0 Å². The van der Waals surface area contributed by atoms with Gasteiger partial charge in [0.05, 0.1) is 0 Å². The van der Waals surface area contributed by atoms with Gasteiger partial charge in [0.2, 0.25) is 0 Å². The molecule has 0 saturated carbocycles. The molecule has 0 spiro atoms. The highest BCUT2D eigenvalue weighted by Gasteiger charge is 2.32. The molecule has 2 atom stereocenters. The summed E-state index contributed by atoms with van der Waals surface area (Å²) < 4.78 is 5.35. The lowest BCUT2D eigenvalue weighted by Gasteiger charge is -2.32. The Morgan fingerprint density at radius 1 is 1.27 bits per heavy atom. The van der Waals surface area contributed by atoms with Gasteiger partial charge in [-0.05, 0) is 56.2 Å². The number of aromatic nitrogens is 1. The van der Waals surface area contributed by atoms with E-state index in [1.54, 1.807) is 5.56 Å². The minimum Gasteiger partial charge on any atom is -0.368 e. The van der Waals surface area contributed by atoms with Crippen LogP contribution in [0.5, 0.6) is 0 Å². The highest BCUT2D eigenvalue weighted by molar-refractivity contribution is 5.52. The predicted molar refractivity (Wildman–Crippen MR) is 90.7 cm³/mol. The van der Waals surface area contributed by atoms with Crippen LogP contribution in [0.25, 0.3) is 0 Å². The Labute approximate surface area is 133 Å². The van der Waals surface area contributed by atoms with E-state index in [4.69, 9.17) is 4.52 Å². The molecule has 3 rings (SSSR count). The Morgan fingerprint density at radius 2 is 2.05 bits per heavy atom. The maximum Gasteiger partial charge on any atom is 0.147 e. The van der Waals surface area contributed by atoms with E-state index in [-0.39, 0.29) is 0 Å². The summed E-state index contributed by atoms with van der Waals surface area (Å²) >= 11 is 0. The molecule has 1 aliphatic rings. The largest absolute Gasteiger partial charge is 0.368 e. The molecule has 3 nitrogen and oxygen atoms in total. The summed E-state index contributed by atoms with van der Waals surface area (Å²) in [5.41, 5.74) is 6.78. The number of aryl methyl sites for hydroxylation is 1. The Bertz CT molecular complexity index is 643. The van der Waals surface area contributed by atoms with Crippen molar-refractivity contribution in [2.75, 3.05) is 18.0 Å². The number of fused-ring (bicyclic) bond motifs is 1. The molecule has 0 amide bonds. The summed E-state index contributed by atoms with van der Waals surface area (Å²) in [4.78, 5) is 2.34. The second-order valence-electron chi connectivity index (χ2n) is 6.33. The van der Waals surface area contributed by atoms with Gasteiger partial charge in [-0.25, -0.2) is 0 Å². The highest BCUT2D eigenvalue weighted by Crippen LogP contribution is 2.45. The second kappa shape index (κ2) is 6.15. The number of hydrogen-bond acceptors (Lipinski definition) is 3. The third-order valence-electron chi connectivity index (χ3n) is 5.28. The van der Waals surface area contributed by atoms with Gasteiger partial charge in [0, 0.05) is 19.0 Å². The lowest BCUT2D eigenvalue weighted by Crippen LogP contribution is -2.25. The van der Waals surface area contributed by atoms with Crippen molar-refractivity contribution in [3.8, 4) is 0 Å². The summed E-state index contributed by atoms with van der Waals surface area (Å²) in [6.07, 6.45) is 4.11. The van der Waals surface area contributed by atoms with Gasteiger partial charge in [-0.1, -0.05) is 30.3 Å². The second-order valence-corrected chi connectivity index (χ2v) is 6.33. The molecule has 1 aromatic carbocycles. The van der Waals surface area contributed by atoms with E-state index in [1.807, 2.05) is 6.26 Å². The number of rotatable bonds is 4. The zero-order valence-corrected chi connectivity index (χ0v) is 14.1. The maximum absolute atomic E-state index is 5.35. The quantitative estimate of drug-likeness (QED) is 0.822. The van der Waals surface area contributed by atoms with E-state index in [1.165, 1.54) is 16.8 Å². The van der Waals surface area contributed by atoms with Crippen LogP contribution in [0.1, 0.15) is 61.4 Å². The van der Waals surface area contributed by atoms with Crippen molar-refractivity contribution in [3.63, 3.8) is 0 Å². The van der Waals surface area contributed by atoms with Crippen molar-refractivity contribution >= 4 is 5.69 Å². The molecule has 2 unspecified atom stereocenters. The Hall–Kier alpha value is -1.77. The van der Waals surface area contributed by atoms with Crippen molar-refractivity contribution in [3.05, 3.63) is 46.8 Å². The van der Waals surface area contributed by atoms with Gasteiger partial charge in [-0.2, -0.15) is 0 Å². The van der Waals surface area contributed by atoms with Crippen LogP contribution in [0.15, 0.2) is 29.0 Å². The Kier molecular flexibility index (Phi) is 4.23. The lowest BCUT2D eigenvalue weighted by molar-refractivity contribution is 0.389. The van der Waals surface area contributed by atoms with E-state index >= 15 is 0 Å². The smallest absolute Gasteiger partial charge is 0.147 e. The lowest BCUT2D eigenvalue weighted by atomic mass is 9.73. The Morgan fingerprint density at radius 3 is 2.77 bits per heavy atom. The fourth-order valence-corrected chi connectivity index (χ4v) is 3.93. The first-order valence-corrected chi connectivity index (χ1v) is 8.44. The zero-order valence-electron chi connectivity index (χ0n) is 14.1. The number of hydrogen-bond donors (Lipinski definition) is 0. The first-order valence-electron chi connectivity index (χ1n) is 8.44. The minimum atomic E-state index is 0.448. The summed E-state index contributed by atoms with van der Waals surface area (Å²) in [6, 6.07) is 6.70. The minimum absolute atomic E-state index is 0.448. The topological polar surface area (TPSA) is 29.3 Å².